The van der Waals surface area contributed by atoms with Crippen LogP contribution in [0, 0.1) is 11.3 Å². The summed E-state index contributed by atoms with van der Waals surface area (Å²) < 4.78 is 30.4. The number of aromatic nitrogens is 2. The number of fused-ring (bicyclic) bond motifs is 1. The summed E-state index contributed by atoms with van der Waals surface area (Å²) in [6.45, 7) is -1.03. The standard InChI is InChI=1S/C18H11BrF2N4O3S.Na/c19-14-8-24-17(29-18(20,21)16(28)23-9-15(26)27)25(14)13-6-5-10(7-22)11-3-1-2-4-12(11)13;/h1-6,8H,9H2,(H,23,28)(H,26,27);/q;+1/p-1. The first-order chi connectivity index (χ1) is 13.7. The number of hydrogen-bond donors (Lipinski definition) is 1. The molecule has 0 saturated heterocycles. The smallest absolute Gasteiger partial charge is 0.548 e. The van der Waals surface area contributed by atoms with Gasteiger partial charge in [0.1, 0.15) is 4.60 Å². The number of thioether (sulfide) groups is 1. The van der Waals surface area contributed by atoms with Crippen molar-refractivity contribution in [2.45, 2.75) is 10.4 Å². The average molecular weight is 503 g/mol. The van der Waals surface area contributed by atoms with Crippen molar-refractivity contribution in [3.05, 3.63) is 52.8 Å². The number of rotatable bonds is 6. The summed E-state index contributed by atoms with van der Waals surface area (Å²) in [5.41, 5.74) is 0.888. The van der Waals surface area contributed by atoms with Gasteiger partial charge in [0.05, 0.1) is 36.0 Å². The fourth-order valence-corrected chi connectivity index (χ4v) is 3.96. The summed E-state index contributed by atoms with van der Waals surface area (Å²) in [5, 5.41) is 18.3. The van der Waals surface area contributed by atoms with Gasteiger partial charge < -0.3 is 15.2 Å². The second-order valence-corrected chi connectivity index (χ2v) is 7.56. The molecule has 7 nitrogen and oxygen atoms in total. The van der Waals surface area contributed by atoms with Crippen molar-refractivity contribution in [2.24, 2.45) is 0 Å². The van der Waals surface area contributed by atoms with Gasteiger partial charge in [0, 0.05) is 10.8 Å². The molecular formula is C18H10BrF2N4NaO3S. The van der Waals surface area contributed by atoms with Gasteiger partial charge in [-0.15, -0.1) is 0 Å². The summed E-state index contributed by atoms with van der Waals surface area (Å²) in [5.74, 6) is -3.46. The molecule has 1 N–H and O–H groups in total. The Hall–Kier alpha value is -1.97. The van der Waals surface area contributed by atoms with Crippen molar-refractivity contribution in [3.8, 4) is 11.8 Å². The quantitative estimate of drug-likeness (QED) is 0.349. The summed E-state index contributed by atoms with van der Waals surface area (Å²) in [6, 6.07) is 12.2. The Kier molecular flexibility index (Phi) is 8.01. The molecule has 3 aromatic rings. The molecule has 1 amide bonds. The minimum Gasteiger partial charge on any atom is -0.548 e. The second kappa shape index (κ2) is 9.89. The largest absolute Gasteiger partial charge is 1.00 e. The first kappa shape index (κ1) is 24.3. The van der Waals surface area contributed by atoms with Crippen LogP contribution in [-0.2, 0) is 9.59 Å². The van der Waals surface area contributed by atoms with Crippen LogP contribution in [0.2, 0.25) is 0 Å². The SMILES string of the molecule is N#Cc1ccc(-n2c(Br)cnc2SC(F)(F)C(=O)NCC(=O)[O-])c2ccccc12.[Na+]. The van der Waals surface area contributed by atoms with Gasteiger partial charge in [0.2, 0.25) is 0 Å². The molecule has 0 fully saturated rings. The zero-order valence-electron chi connectivity index (χ0n) is 15.4. The fourth-order valence-electron chi connectivity index (χ4n) is 2.60. The Morgan fingerprint density at radius 1 is 1.27 bits per heavy atom. The molecule has 0 unspecified atom stereocenters. The molecule has 0 spiro atoms. The van der Waals surface area contributed by atoms with Gasteiger partial charge in [0.15, 0.2) is 5.16 Å². The van der Waals surface area contributed by atoms with E-state index in [1.54, 1.807) is 41.7 Å². The molecule has 1 heterocycles. The number of nitrogens with one attached hydrogen (secondary N) is 1. The number of benzene rings is 2. The van der Waals surface area contributed by atoms with E-state index in [9.17, 15) is 28.7 Å². The molecule has 0 atom stereocenters. The normalized spacial score (nSPS) is 10.9. The topological polar surface area (TPSA) is 111 Å². The molecule has 0 aliphatic rings. The summed E-state index contributed by atoms with van der Waals surface area (Å²) in [7, 11) is 0. The Bertz CT molecular complexity index is 1170. The first-order valence-electron chi connectivity index (χ1n) is 7.95. The monoisotopic (exact) mass is 502 g/mol. The zero-order valence-corrected chi connectivity index (χ0v) is 19.8. The Morgan fingerprint density at radius 2 is 1.93 bits per heavy atom. The van der Waals surface area contributed by atoms with Crippen LogP contribution in [0.25, 0.3) is 16.5 Å². The van der Waals surface area contributed by atoms with E-state index in [2.05, 4.69) is 27.0 Å². The van der Waals surface area contributed by atoms with Gasteiger partial charge >= 0.3 is 40.7 Å². The number of carbonyl (C=O) groups is 2. The zero-order chi connectivity index (χ0) is 21.2. The van der Waals surface area contributed by atoms with Crippen LogP contribution in [0.5, 0.6) is 0 Å². The van der Waals surface area contributed by atoms with Crippen LogP contribution in [0.3, 0.4) is 0 Å². The molecule has 0 radical (unpaired) electrons. The van der Waals surface area contributed by atoms with Gasteiger partial charge in [-0.2, -0.15) is 14.0 Å². The minimum atomic E-state index is -3.99. The van der Waals surface area contributed by atoms with Crippen LogP contribution in [0.1, 0.15) is 5.56 Å². The van der Waals surface area contributed by atoms with Crippen molar-refractivity contribution in [1.29, 1.82) is 5.26 Å². The maximum atomic E-state index is 14.3. The van der Waals surface area contributed by atoms with Gasteiger partial charge in [-0.25, -0.2) is 4.98 Å². The van der Waals surface area contributed by atoms with Crippen molar-refractivity contribution in [1.82, 2.24) is 14.9 Å². The van der Waals surface area contributed by atoms with Crippen molar-refractivity contribution in [2.75, 3.05) is 6.54 Å². The number of imidazole rings is 1. The predicted molar refractivity (Wildman–Crippen MR) is 102 cm³/mol. The average Bonchev–Trinajstić information content (AvgIpc) is 3.04. The number of alkyl halides is 2. The van der Waals surface area contributed by atoms with Gasteiger partial charge in [-0.05, 0) is 39.8 Å². The van der Waals surface area contributed by atoms with E-state index in [0.717, 1.165) is 0 Å². The maximum Gasteiger partial charge on any atom is 1.00 e. The molecule has 0 aliphatic carbocycles. The van der Waals surface area contributed by atoms with E-state index in [1.165, 1.54) is 10.8 Å². The van der Waals surface area contributed by atoms with E-state index in [0.29, 0.717) is 26.6 Å². The molecule has 0 bridgehead atoms. The van der Waals surface area contributed by atoms with Crippen LogP contribution in [0.15, 0.2) is 52.4 Å². The fraction of sp³-hybridized carbons (Fsp3) is 0.111. The number of carboxylic acid groups (broad SMARTS) is 1. The van der Waals surface area contributed by atoms with Gasteiger partial charge in [-0.3, -0.25) is 9.36 Å². The van der Waals surface area contributed by atoms with Crippen LogP contribution in [0.4, 0.5) is 8.78 Å². The number of carboxylic acids is 1. The Morgan fingerprint density at radius 3 is 2.57 bits per heavy atom. The van der Waals surface area contributed by atoms with Gasteiger partial charge in [-0.1, -0.05) is 24.3 Å². The van der Waals surface area contributed by atoms with Crippen molar-refractivity contribution >= 4 is 50.3 Å². The van der Waals surface area contributed by atoms with Crippen LogP contribution in [-0.4, -0.2) is 33.2 Å². The molecule has 3 rings (SSSR count). The van der Waals surface area contributed by atoms with Crippen molar-refractivity contribution < 1.29 is 53.0 Å². The molecule has 30 heavy (non-hydrogen) atoms. The summed E-state index contributed by atoms with van der Waals surface area (Å²) >= 11 is 3.12. The van der Waals surface area contributed by atoms with E-state index in [1.807, 2.05) is 0 Å². The molecule has 12 heteroatoms. The molecule has 148 valence electrons. The number of hydrogen-bond acceptors (Lipinski definition) is 6. The van der Waals surface area contributed by atoms with E-state index >= 15 is 0 Å². The van der Waals surface area contributed by atoms with Gasteiger partial charge in [0.25, 0.3) is 0 Å². The molecule has 1 aromatic heterocycles. The number of nitrogens with zero attached hydrogens (tertiary/aromatic N) is 3. The Balaban J connectivity index is 0.00000320. The molecule has 0 saturated carbocycles. The third-order valence-electron chi connectivity index (χ3n) is 3.83. The molecule has 0 aliphatic heterocycles. The second-order valence-electron chi connectivity index (χ2n) is 5.66. The predicted octanol–water partition coefficient (Wildman–Crippen LogP) is -0.785. The number of amides is 1. The first-order valence-corrected chi connectivity index (χ1v) is 9.56. The van der Waals surface area contributed by atoms with Crippen molar-refractivity contribution in [3.63, 3.8) is 0 Å². The van der Waals surface area contributed by atoms with E-state index in [-0.39, 0.29) is 46.5 Å². The summed E-state index contributed by atoms with van der Waals surface area (Å²) in [6.07, 6.45) is 1.30. The summed E-state index contributed by atoms with van der Waals surface area (Å²) in [4.78, 5) is 26.0. The number of nitriles is 1. The third kappa shape index (κ3) is 5.01. The number of carbonyl (C=O) groups excluding carboxylic acids is 2. The van der Waals surface area contributed by atoms with Crippen LogP contribution < -0.4 is 40.0 Å². The number of aliphatic carboxylic acids is 1. The van der Waals surface area contributed by atoms with Crippen LogP contribution >= 0.6 is 27.7 Å². The maximum absolute atomic E-state index is 14.3. The minimum absolute atomic E-state index is 0. The number of halogens is 3. The third-order valence-corrected chi connectivity index (χ3v) is 5.30. The molecular weight excluding hydrogens is 493 g/mol. The van der Waals surface area contributed by atoms with E-state index < -0.39 is 23.7 Å². The van der Waals surface area contributed by atoms with E-state index in [4.69, 9.17) is 0 Å². The molecule has 2 aromatic carbocycles. The Labute approximate surface area is 203 Å².